The molecule has 2 rings (SSSR count). The fourth-order valence-electron chi connectivity index (χ4n) is 3.29. The van der Waals surface area contributed by atoms with E-state index in [9.17, 15) is 9.59 Å². The van der Waals surface area contributed by atoms with Gasteiger partial charge in [0.05, 0.1) is 0 Å². The molecule has 2 amide bonds. The number of anilines is 1. The van der Waals surface area contributed by atoms with Gasteiger partial charge in [0.15, 0.2) is 6.54 Å². The molecule has 0 fully saturated rings. The summed E-state index contributed by atoms with van der Waals surface area (Å²) >= 11 is 0. The van der Waals surface area contributed by atoms with Gasteiger partial charge in [0, 0.05) is 29.8 Å². The zero-order chi connectivity index (χ0) is 21.6. The fraction of sp³-hybridized carbons (Fsp3) is 0.417. The zero-order valence-corrected chi connectivity index (χ0v) is 18.4. The Balaban J connectivity index is 1.98. The monoisotopic (exact) mass is 396 g/mol. The first-order valence-corrected chi connectivity index (χ1v) is 10.2. The van der Waals surface area contributed by atoms with Crippen molar-refractivity contribution >= 4 is 17.5 Å². The predicted octanol–water partition coefficient (Wildman–Crippen LogP) is 3.24. The Morgan fingerprint density at radius 3 is 2.03 bits per heavy atom. The Morgan fingerprint density at radius 1 is 0.966 bits per heavy atom. The molecule has 0 saturated heterocycles. The number of rotatable bonds is 7. The van der Waals surface area contributed by atoms with Gasteiger partial charge in [0.2, 0.25) is 0 Å². The molecule has 0 aliphatic rings. The maximum atomic E-state index is 12.4. The topological polar surface area (TPSA) is 74.8 Å². The van der Waals surface area contributed by atoms with E-state index in [1.807, 2.05) is 0 Å². The first-order valence-electron chi connectivity index (χ1n) is 10.2. The van der Waals surface area contributed by atoms with Crippen molar-refractivity contribution in [3.63, 3.8) is 0 Å². The summed E-state index contributed by atoms with van der Waals surface area (Å²) < 4.78 is 0. The molecule has 0 bridgehead atoms. The summed E-state index contributed by atoms with van der Waals surface area (Å²) in [5, 5.41) is 7.57. The molecule has 0 saturated carbocycles. The lowest BCUT2D eigenvalue weighted by atomic mass is 9.85. The minimum atomic E-state index is -0.145. The molecule has 29 heavy (non-hydrogen) atoms. The Bertz CT molecular complexity index is 819. The summed E-state index contributed by atoms with van der Waals surface area (Å²) in [5.41, 5.74) is 3.92. The average molecular weight is 397 g/mol. The van der Waals surface area contributed by atoms with Crippen molar-refractivity contribution in [2.45, 2.75) is 46.1 Å². The van der Waals surface area contributed by atoms with Crippen LogP contribution in [0.25, 0.3) is 0 Å². The second-order valence-corrected chi connectivity index (χ2v) is 8.79. The van der Waals surface area contributed by atoms with Gasteiger partial charge in [-0.3, -0.25) is 9.59 Å². The van der Waals surface area contributed by atoms with Gasteiger partial charge < -0.3 is 16.0 Å². The van der Waals surface area contributed by atoms with Crippen molar-refractivity contribution in [3.8, 4) is 0 Å². The number of benzene rings is 2. The van der Waals surface area contributed by atoms with Crippen LogP contribution in [-0.4, -0.2) is 25.4 Å². The number of carbonyl (C=O) groups is 2. The lowest BCUT2D eigenvalue weighted by Crippen LogP contribution is -2.88. The summed E-state index contributed by atoms with van der Waals surface area (Å²) in [4.78, 5) is 24.0. The van der Waals surface area contributed by atoms with E-state index >= 15 is 0 Å². The molecule has 0 aliphatic heterocycles. The largest absolute Gasteiger partial charge is 0.355 e. The molecule has 4 N–H and O–H groups in total. The lowest BCUT2D eigenvalue weighted by Gasteiger charge is -2.22. The van der Waals surface area contributed by atoms with Gasteiger partial charge in [-0.2, -0.15) is 0 Å². The highest BCUT2D eigenvalue weighted by atomic mass is 16.2. The van der Waals surface area contributed by atoms with Gasteiger partial charge in [-0.25, -0.2) is 0 Å². The number of amides is 2. The predicted molar refractivity (Wildman–Crippen MR) is 118 cm³/mol. The van der Waals surface area contributed by atoms with Crippen LogP contribution in [0.3, 0.4) is 0 Å². The van der Waals surface area contributed by atoms with Crippen molar-refractivity contribution in [1.82, 2.24) is 5.32 Å². The van der Waals surface area contributed by atoms with Crippen LogP contribution in [-0.2, 0) is 10.2 Å². The maximum absolute atomic E-state index is 12.4. The second-order valence-electron chi connectivity index (χ2n) is 8.79. The average Bonchev–Trinajstić information content (AvgIpc) is 2.67. The highest BCUT2D eigenvalue weighted by molar-refractivity contribution is 5.95. The number of nitrogens with two attached hydrogens (primary N) is 1. The summed E-state index contributed by atoms with van der Waals surface area (Å²) in [6.07, 6.45) is 0. The minimum Gasteiger partial charge on any atom is -0.355 e. The van der Waals surface area contributed by atoms with Crippen molar-refractivity contribution in [2.75, 3.05) is 18.9 Å². The van der Waals surface area contributed by atoms with Crippen molar-refractivity contribution in [2.24, 2.45) is 5.92 Å². The molecule has 5 nitrogen and oxygen atoms in total. The number of hydrogen-bond acceptors (Lipinski definition) is 2. The van der Waals surface area contributed by atoms with Gasteiger partial charge in [0.25, 0.3) is 11.8 Å². The Morgan fingerprint density at radius 2 is 1.55 bits per heavy atom. The Hall–Kier alpha value is -2.66. The Kier molecular flexibility index (Phi) is 7.57. The van der Waals surface area contributed by atoms with E-state index in [0.717, 1.165) is 0 Å². The molecule has 0 aromatic heterocycles. The van der Waals surface area contributed by atoms with Crippen LogP contribution in [0.4, 0.5) is 5.69 Å². The smallest absolute Gasteiger partial charge is 0.279 e. The second kappa shape index (κ2) is 9.70. The van der Waals surface area contributed by atoms with E-state index in [2.05, 4.69) is 74.8 Å². The molecular weight excluding hydrogens is 362 g/mol. The molecule has 0 aliphatic carbocycles. The number of quaternary nitrogens is 1. The third-order valence-corrected chi connectivity index (χ3v) is 5.09. The summed E-state index contributed by atoms with van der Waals surface area (Å²) in [7, 11) is 1.59. The van der Waals surface area contributed by atoms with Crippen LogP contribution in [0.2, 0.25) is 0 Å². The van der Waals surface area contributed by atoms with Crippen LogP contribution in [0.15, 0.2) is 48.5 Å². The van der Waals surface area contributed by atoms with Crippen LogP contribution < -0.4 is 16.0 Å². The van der Waals surface area contributed by atoms with Gasteiger partial charge in [-0.15, -0.1) is 0 Å². The lowest BCUT2D eigenvalue weighted by molar-refractivity contribution is -0.692. The summed E-state index contributed by atoms with van der Waals surface area (Å²) in [6.45, 7) is 11.3. The fourth-order valence-corrected chi connectivity index (χ4v) is 3.29. The molecule has 1 atom stereocenters. The van der Waals surface area contributed by atoms with Gasteiger partial charge in [-0.1, -0.05) is 58.9 Å². The zero-order valence-electron chi connectivity index (χ0n) is 18.4. The van der Waals surface area contributed by atoms with Crippen LogP contribution in [0.1, 0.15) is 62.1 Å². The molecule has 0 unspecified atom stereocenters. The van der Waals surface area contributed by atoms with E-state index in [1.54, 1.807) is 31.3 Å². The highest BCUT2D eigenvalue weighted by Crippen LogP contribution is 2.25. The van der Waals surface area contributed by atoms with Crippen LogP contribution >= 0.6 is 0 Å². The summed E-state index contributed by atoms with van der Waals surface area (Å²) in [6, 6.07) is 15.8. The van der Waals surface area contributed by atoms with Gasteiger partial charge in [-0.05, 0) is 35.2 Å². The van der Waals surface area contributed by atoms with E-state index in [4.69, 9.17) is 0 Å². The molecule has 0 spiro atoms. The number of nitrogens with one attached hydrogen (secondary N) is 2. The van der Waals surface area contributed by atoms with E-state index in [0.29, 0.717) is 23.7 Å². The molecule has 5 heteroatoms. The third kappa shape index (κ3) is 6.43. The molecule has 0 heterocycles. The van der Waals surface area contributed by atoms with E-state index < -0.39 is 0 Å². The highest BCUT2D eigenvalue weighted by Gasteiger charge is 2.22. The van der Waals surface area contributed by atoms with Crippen molar-refractivity contribution in [3.05, 3.63) is 65.2 Å². The van der Waals surface area contributed by atoms with E-state index in [1.165, 1.54) is 11.1 Å². The minimum absolute atomic E-state index is 0.0605. The Labute approximate surface area is 174 Å². The van der Waals surface area contributed by atoms with Crippen molar-refractivity contribution in [1.29, 1.82) is 0 Å². The SMILES string of the molecule is CNC(=O)c1ccc(NC(=O)C[NH2+][C@H](c2ccc(C(C)(C)C)cc2)C(C)C)cc1. The standard InChI is InChI=1S/C24H33N3O2/c1-16(2)22(17-7-11-19(12-8-17)24(3,4)5)26-15-21(28)27-20-13-9-18(10-14-20)23(29)25-6/h7-14,16,22,26H,15H2,1-6H3,(H,25,29)(H,27,28)/p+1/t22-/m0/s1. The maximum Gasteiger partial charge on any atom is 0.279 e. The molecule has 2 aromatic rings. The first kappa shape index (κ1) is 22.6. The molecular formula is C24H34N3O2+. The quantitative estimate of drug-likeness (QED) is 0.672. The normalized spacial score (nSPS) is 12.5. The van der Waals surface area contributed by atoms with Gasteiger partial charge in [0.1, 0.15) is 6.04 Å². The third-order valence-electron chi connectivity index (χ3n) is 5.09. The number of hydrogen-bond donors (Lipinski definition) is 3. The van der Waals surface area contributed by atoms with Crippen LogP contribution in [0.5, 0.6) is 0 Å². The molecule has 2 aromatic carbocycles. The van der Waals surface area contributed by atoms with Crippen molar-refractivity contribution < 1.29 is 14.9 Å². The van der Waals surface area contributed by atoms with Crippen LogP contribution in [0, 0.1) is 5.92 Å². The van der Waals surface area contributed by atoms with E-state index in [-0.39, 0.29) is 23.3 Å². The van der Waals surface area contributed by atoms with Gasteiger partial charge >= 0.3 is 0 Å². The number of carbonyl (C=O) groups excluding carboxylic acids is 2. The first-order chi connectivity index (χ1) is 13.6. The summed E-state index contributed by atoms with van der Waals surface area (Å²) in [5.74, 6) is 0.193. The molecule has 0 radical (unpaired) electrons. The molecule has 156 valence electrons.